The topological polar surface area (TPSA) is 62.7 Å². The second kappa shape index (κ2) is 5.92. The molecule has 0 saturated heterocycles. The number of nitrogens with zero attached hydrogens (tertiary/aromatic N) is 2. The fourth-order valence-electron chi connectivity index (χ4n) is 0.929. The maximum Gasteiger partial charge on any atom is 0.460 e. The second-order valence-electron chi connectivity index (χ2n) is 3.51. The Hall–Kier alpha value is -1.78. The van der Waals surface area contributed by atoms with Gasteiger partial charge in [0, 0.05) is 0 Å². The summed E-state index contributed by atoms with van der Waals surface area (Å²) in [5, 5.41) is 0. The minimum absolute atomic E-state index is 0.0145. The van der Waals surface area contributed by atoms with Crippen molar-refractivity contribution < 1.29 is 53.8 Å². The molecule has 0 rings (SSSR count). The van der Waals surface area contributed by atoms with Gasteiger partial charge in [-0.1, -0.05) is 0 Å². The first-order valence-corrected chi connectivity index (χ1v) is 4.75. The minimum atomic E-state index is -6.99. The minimum Gasteiger partial charge on any atom is -0.457 e. The van der Waals surface area contributed by atoms with E-state index < -0.39 is 42.9 Å². The molecule has 0 heterocycles. The summed E-state index contributed by atoms with van der Waals surface area (Å²) >= 11 is 0. The molecule has 0 aliphatic rings. The van der Waals surface area contributed by atoms with E-state index in [1.165, 1.54) is 0 Å². The van der Waals surface area contributed by atoms with E-state index in [4.69, 9.17) is 5.53 Å². The summed E-state index contributed by atoms with van der Waals surface area (Å²) in [5.74, 6) is -21.2. The van der Waals surface area contributed by atoms with Crippen LogP contribution in [0.3, 0.4) is 0 Å². The molecule has 0 aliphatic heterocycles. The summed E-state index contributed by atoms with van der Waals surface area (Å²) < 4.78 is 115. The summed E-state index contributed by atoms with van der Waals surface area (Å²) in [5.41, 5.74) is 7.80. The van der Waals surface area contributed by atoms with Gasteiger partial charge in [0.2, 0.25) is 0 Å². The molecule has 4 nitrogen and oxygen atoms in total. The van der Waals surface area contributed by atoms with E-state index in [0.717, 1.165) is 0 Å². The molecule has 0 aromatic heterocycles. The first-order valence-electron chi connectivity index (χ1n) is 4.75. The summed E-state index contributed by atoms with van der Waals surface area (Å²) in [6, 6.07) is 0. The zero-order valence-corrected chi connectivity index (χ0v) is 9.60. The van der Waals surface area contributed by atoms with Gasteiger partial charge in [-0.05, 0) is 0 Å². The number of esters is 1. The van der Waals surface area contributed by atoms with Gasteiger partial charge >= 0.3 is 36.1 Å². The van der Waals surface area contributed by atoms with Crippen molar-refractivity contribution in [2.24, 2.45) is 0 Å². The summed E-state index contributed by atoms with van der Waals surface area (Å²) in [6.07, 6.45) is -9.20. The van der Waals surface area contributed by atoms with E-state index in [1.807, 2.05) is 0 Å². The highest BCUT2D eigenvalue weighted by molar-refractivity contribution is 6.20. The van der Waals surface area contributed by atoms with Crippen LogP contribution in [-0.2, 0) is 9.53 Å². The van der Waals surface area contributed by atoms with E-state index in [-0.39, 0.29) is 6.21 Å². The van der Waals surface area contributed by atoms with Crippen LogP contribution in [0.15, 0.2) is 0 Å². The van der Waals surface area contributed by atoms with E-state index in [0.29, 0.717) is 0 Å². The van der Waals surface area contributed by atoms with Crippen molar-refractivity contribution in [1.82, 2.24) is 0 Å². The second-order valence-corrected chi connectivity index (χ2v) is 3.51. The molecule has 0 N–H and O–H groups in total. The molecule has 0 aromatic rings. The van der Waals surface area contributed by atoms with Crippen LogP contribution in [0.1, 0.15) is 6.42 Å². The van der Waals surface area contributed by atoms with Crippen LogP contribution >= 0.6 is 0 Å². The highest BCUT2D eigenvalue weighted by Crippen LogP contribution is 2.53. The molecule has 0 fully saturated rings. The molecule has 122 valence electrons. The number of hydrogen-bond donors (Lipinski definition) is 0. The van der Waals surface area contributed by atoms with Crippen LogP contribution in [0.4, 0.5) is 39.5 Å². The first kappa shape index (κ1) is 19.2. The molecule has 21 heavy (non-hydrogen) atoms. The Balaban J connectivity index is 5.05. The van der Waals surface area contributed by atoms with Crippen molar-refractivity contribution in [3.05, 3.63) is 5.53 Å². The van der Waals surface area contributed by atoms with Gasteiger partial charge in [0.05, 0.1) is 13.0 Å². The SMILES string of the molecule is [N-]=[N+]=CC(=O)OCCC(F)(F)C(F)(F)C(F)(F)C(F)(F)F. The van der Waals surface area contributed by atoms with E-state index in [2.05, 4.69) is 9.53 Å². The number of rotatable bonds is 6. The third-order valence-corrected chi connectivity index (χ3v) is 2.03. The Morgan fingerprint density at radius 3 is 1.86 bits per heavy atom. The smallest absolute Gasteiger partial charge is 0.457 e. The zero-order chi connectivity index (χ0) is 17.1. The summed E-state index contributed by atoms with van der Waals surface area (Å²) in [7, 11) is 0. The van der Waals surface area contributed by atoms with Crippen LogP contribution < -0.4 is 0 Å². The van der Waals surface area contributed by atoms with E-state index in [1.54, 1.807) is 0 Å². The molecule has 0 radical (unpaired) electrons. The van der Waals surface area contributed by atoms with Crippen molar-refractivity contribution in [2.45, 2.75) is 30.4 Å². The maximum absolute atomic E-state index is 12.9. The Morgan fingerprint density at radius 2 is 1.48 bits per heavy atom. The predicted molar refractivity (Wildman–Crippen MR) is 46.2 cm³/mol. The highest BCUT2D eigenvalue weighted by Gasteiger charge is 2.81. The van der Waals surface area contributed by atoms with Gasteiger partial charge in [-0.25, -0.2) is 4.79 Å². The Labute approximate surface area is 110 Å². The van der Waals surface area contributed by atoms with Crippen molar-refractivity contribution in [3.8, 4) is 0 Å². The third kappa shape index (κ3) is 3.86. The van der Waals surface area contributed by atoms with E-state index in [9.17, 15) is 44.3 Å². The molecular weight excluding hydrogens is 327 g/mol. The number of carbonyl (C=O) groups is 1. The van der Waals surface area contributed by atoms with Gasteiger partial charge in [0.15, 0.2) is 0 Å². The normalized spacial score (nSPS) is 13.6. The predicted octanol–water partition coefficient (Wildman–Crippen LogP) is 2.69. The fraction of sp³-hybridized carbons (Fsp3) is 0.750. The molecular formula is C8H5F9N2O2. The lowest BCUT2D eigenvalue weighted by Gasteiger charge is -2.33. The third-order valence-electron chi connectivity index (χ3n) is 2.03. The van der Waals surface area contributed by atoms with Gasteiger partial charge in [0.25, 0.3) is 0 Å². The van der Waals surface area contributed by atoms with Crippen LogP contribution in [0.2, 0.25) is 0 Å². The highest BCUT2D eigenvalue weighted by atomic mass is 19.4. The molecule has 0 amide bonds. The van der Waals surface area contributed by atoms with Crippen molar-refractivity contribution in [3.63, 3.8) is 0 Å². The lowest BCUT2D eigenvalue weighted by Crippen LogP contribution is -2.61. The molecule has 0 aliphatic carbocycles. The lowest BCUT2D eigenvalue weighted by atomic mass is 10.0. The lowest BCUT2D eigenvalue weighted by molar-refractivity contribution is -0.397. The molecule has 13 heteroatoms. The van der Waals surface area contributed by atoms with Gasteiger partial charge in [-0.15, -0.1) is 0 Å². The average Bonchev–Trinajstić information content (AvgIpc) is 2.26. The van der Waals surface area contributed by atoms with Crippen molar-refractivity contribution in [2.75, 3.05) is 6.61 Å². The molecule has 0 unspecified atom stereocenters. The Bertz CT molecular complexity index is 440. The van der Waals surface area contributed by atoms with Crippen molar-refractivity contribution >= 4 is 12.2 Å². The maximum atomic E-state index is 12.9. The quantitative estimate of drug-likeness (QED) is 0.247. The molecule has 0 saturated carbocycles. The monoisotopic (exact) mass is 332 g/mol. The van der Waals surface area contributed by atoms with Crippen molar-refractivity contribution in [1.29, 1.82) is 0 Å². The van der Waals surface area contributed by atoms with Crippen LogP contribution in [0, 0.1) is 0 Å². The van der Waals surface area contributed by atoms with Gasteiger partial charge < -0.3 is 10.3 Å². The van der Waals surface area contributed by atoms with Gasteiger partial charge in [0.1, 0.15) is 0 Å². The van der Waals surface area contributed by atoms with Crippen LogP contribution in [0.25, 0.3) is 5.53 Å². The standard InChI is InChI=1S/C8H5F9N2O2/c9-5(10,1-2-21-4(20)3-19-18)6(11,12)7(13,14)8(15,16)17/h3H,1-2H2. The molecule has 0 spiro atoms. The Morgan fingerprint density at radius 1 is 1.00 bits per heavy atom. The number of ether oxygens (including phenoxy) is 1. The largest absolute Gasteiger partial charge is 0.460 e. The summed E-state index contributed by atoms with van der Waals surface area (Å²) in [6.45, 7) is -1.61. The zero-order valence-electron chi connectivity index (χ0n) is 9.60. The average molecular weight is 332 g/mol. The number of hydrogen-bond acceptors (Lipinski definition) is 2. The fourth-order valence-corrected chi connectivity index (χ4v) is 0.929. The Kier molecular flexibility index (Phi) is 5.41. The van der Waals surface area contributed by atoms with Gasteiger partial charge in [-0.2, -0.15) is 44.3 Å². The summed E-state index contributed by atoms with van der Waals surface area (Å²) in [4.78, 5) is 12.5. The van der Waals surface area contributed by atoms with E-state index >= 15 is 0 Å². The number of halogens is 9. The van der Waals surface area contributed by atoms with Crippen LogP contribution in [0.5, 0.6) is 0 Å². The number of carbonyl (C=O) groups excluding carboxylic acids is 1. The van der Waals surface area contributed by atoms with Crippen LogP contribution in [-0.4, -0.2) is 47.5 Å². The molecule has 0 bridgehead atoms. The molecule has 0 aromatic carbocycles. The first-order chi connectivity index (χ1) is 9.20. The number of alkyl halides is 9. The van der Waals surface area contributed by atoms with Gasteiger partial charge in [-0.3, -0.25) is 0 Å². The molecule has 0 atom stereocenters.